The molecule has 0 bridgehead atoms. The predicted molar refractivity (Wildman–Crippen MR) is 73.4 cm³/mol. The first kappa shape index (κ1) is 12.9. The van der Waals surface area contributed by atoms with Crippen LogP contribution in [0.4, 0.5) is 0 Å². The Kier molecular flexibility index (Phi) is 4.04. The number of benzene rings is 1. The fourth-order valence-corrected chi connectivity index (χ4v) is 2.98. The quantitative estimate of drug-likeness (QED) is 0.910. The summed E-state index contributed by atoms with van der Waals surface area (Å²) < 4.78 is 11.3. The van der Waals surface area contributed by atoms with E-state index in [2.05, 4.69) is 6.07 Å². The number of fused-ring (bicyclic) bond motifs is 1. The number of aryl methyl sites for hydroxylation is 1. The predicted octanol–water partition coefficient (Wildman–Crippen LogP) is 2.86. The summed E-state index contributed by atoms with van der Waals surface area (Å²) in [4.78, 5) is 0. The Morgan fingerprint density at radius 2 is 2.05 bits per heavy atom. The maximum Gasteiger partial charge on any atom is 0.119 e. The molecule has 0 amide bonds. The van der Waals surface area contributed by atoms with Crippen LogP contribution in [0.2, 0.25) is 0 Å². The largest absolute Gasteiger partial charge is 0.493 e. The van der Waals surface area contributed by atoms with E-state index in [-0.39, 0.29) is 6.10 Å². The highest BCUT2D eigenvalue weighted by Gasteiger charge is 2.19. The van der Waals surface area contributed by atoms with Gasteiger partial charge in [0.2, 0.25) is 0 Å². The molecule has 0 saturated carbocycles. The normalized spacial score (nSPS) is 23.9. The Balaban J connectivity index is 1.62. The van der Waals surface area contributed by atoms with Crippen LogP contribution >= 0.6 is 0 Å². The second kappa shape index (κ2) is 5.93. The van der Waals surface area contributed by atoms with E-state index in [4.69, 9.17) is 9.47 Å². The van der Waals surface area contributed by atoms with Crippen LogP contribution in [0.15, 0.2) is 18.2 Å². The summed E-state index contributed by atoms with van der Waals surface area (Å²) in [6.45, 7) is 2.51. The van der Waals surface area contributed by atoms with Gasteiger partial charge >= 0.3 is 0 Å². The molecule has 3 heteroatoms. The molecule has 1 saturated heterocycles. The van der Waals surface area contributed by atoms with Gasteiger partial charge in [0, 0.05) is 13.2 Å². The molecule has 0 radical (unpaired) electrons. The lowest BCUT2D eigenvalue weighted by molar-refractivity contribution is 0.0497. The van der Waals surface area contributed by atoms with Crippen molar-refractivity contribution < 1.29 is 14.6 Å². The molecule has 0 aromatic heterocycles. The average Bonchev–Trinajstić information content (AvgIpc) is 2.46. The molecule has 1 aliphatic carbocycles. The van der Waals surface area contributed by atoms with Crippen LogP contribution < -0.4 is 4.74 Å². The van der Waals surface area contributed by atoms with Crippen molar-refractivity contribution in [2.24, 2.45) is 5.92 Å². The third kappa shape index (κ3) is 3.10. The molecule has 104 valence electrons. The third-order valence-corrected chi connectivity index (χ3v) is 4.22. The molecule has 0 spiro atoms. The van der Waals surface area contributed by atoms with Crippen LogP contribution in [0.1, 0.15) is 42.9 Å². The van der Waals surface area contributed by atoms with Crippen molar-refractivity contribution in [2.45, 2.75) is 38.2 Å². The third-order valence-electron chi connectivity index (χ3n) is 4.22. The number of hydrogen-bond acceptors (Lipinski definition) is 3. The lowest BCUT2D eigenvalue weighted by atomic mass is 9.89. The molecule has 1 atom stereocenters. The number of hydrogen-bond donors (Lipinski definition) is 1. The van der Waals surface area contributed by atoms with Crippen molar-refractivity contribution in [1.29, 1.82) is 0 Å². The van der Waals surface area contributed by atoms with E-state index >= 15 is 0 Å². The van der Waals surface area contributed by atoms with E-state index in [1.54, 1.807) is 0 Å². The molecule has 1 aliphatic heterocycles. The summed E-state index contributed by atoms with van der Waals surface area (Å²) in [5, 5.41) is 9.93. The van der Waals surface area contributed by atoms with Crippen LogP contribution in [0, 0.1) is 5.92 Å². The summed E-state index contributed by atoms with van der Waals surface area (Å²) in [6, 6.07) is 6.13. The average molecular weight is 262 g/mol. The number of aliphatic hydroxyl groups is 1. The molecule has 2 aliphatic rings. The highest BCUT2D eigenvalue weighted by molar-refractivity contribution is 5.38. The van der Waals surface area contributed by atoms with Crippen molar-refractivity contribution in [2.75, 3.05) is 19.8 Å². The van der Waals surface area contributed by atoms with Crippen LogP contribution in [0.25, 0.3) is 0 Å². The maximum atomic E-state index is 9.93. The topological polar surface area (TPSA) is 38.7 Å². The van der Waals surface area contributed by atoms with Gasteiger partial charge in [0.25, 0.3) is 0 Å². The van der Waals surface area contributed by atoms with Gasteiger partial charge in [0.1, 0.15) is 5.75 Å². The van der Waals surface area contributed by atoms with Crippen molar-refractivity contribution in [3.05, 3.63) is 29.3 Å². The molecule has 1 unspecified atom stereocenters. The van der Waals surface area contributed by atoms with Crippen LogP contribution in [0.3, 0.4) is 0 Å². The molecular formula is C16H22O3. The first-order valence-corrected chi connectivity index (χ1v) is 7.34. The zero-order valence-corrected chi connectivity index (χ0v) is 11.3. The zero-order valence-electron chi connectivity index (χ0n) is 11.3. The highest BCUT2D eigenvalue weighted by Crippen LogP contribution is 2.32. The van der Waals surface area contributed by atoms with Gasteiger partial charge in [-0.1, -0.05) is 6.07 Å². The van der Waals surface area contributed by atoms with Crippen molar-refractivity contribution >= 4 is 0 Å². The first-order valence-electron chi connectivity index (χ1n) is 7.34. The smallest absolute Gasteiger partial charge is 0.119 e. The Morgan fingerprint density at radius 1 is 1.21 bits per heavy atom. The van der Waals surface area contributed by atoms with E-state index in [1.165, 1.54) is 5.56 Å². The minimum Gasteiger partial charge on any atom is -0.493 e. The Hall–Kier alpha value is -1.06. The van der Waals surface area contributed by atoms with E-state index in [0.717, 1.165) is 63.2 Å². The Bertz CT molecular complexity index is 424. The summed E-state index contributed by atoms with van der Waals surface area (Å²) in [7, 11) is 0. The number of aliphatic hydroxyl groups excluding tert-OH is 1. The van der Waals surface area contributed by atoms with Gasteiger partial charge in [-0.2, -0.15) is 0 Å². The molecule has 1 aromatic rings. The lowest BCUT2D eigenvalue weighted by Gasteiger charge is -2.24. The van der Waals surface area contributed by atoms with E-state index in [0.29, 0.717) is 5.92 Å². The van der Waals surface area contributed by atoms with Crippen molar-refractivity contribution in [3.63, 3.8) is 0 Å². The van der Waals surface area contributed by atoms with Gasteiger partial charge < -0.3 is 14.6 Å². The standard InChI is InChI=1S/C16H22O3/c17-16-3-1-2-13-10-14(4-5-15(13)16)19-11-12-6-8-18-9-7-12/h4-5,10,12,16-17H,1-3,6-9,11H2. The molecule has 1 aromatic carbocycles. The van der Waals surface area contributed by atoms with Crippen molar-refractivity contribution in [1.82, 2.24) is 0 Å². The van der Waals surface area contributed by atoms with Crippen LogP contribution in [-0.2, 0) is 11.2 Å². The Labute approximate surface area is 114 Å². The van der Waals surface area contributed by atoms with Crippen LogP contribution in [0.5, 0.6) is 5.75 Å². The van der Waals surface area contributed by atoms with Gasteiger partial charge in [-0.3, -0.25) is 0 Å². The monoisotopic (exact) mass is 262 g/mol. The van der Waals surface area contributed by atoms with Crippen molar-refractivity contribution in [3.8, 4) is 5.75 Å². The number of rotatable bonds is 3. The summed E-state index contributed by atoms with van der Waals surface area (Å²) in [5.74, 6) is 1.56. The number of ether oxygens (including phenoxy) is 2. The minimum absolute atomic E-state index is 0.284. The first-order chi connectivity index (χ1) is 9.33. The van der Waals surface area contributed by atoms with E-state index in [1.807, 2.05) is 12.1 Å². The zero-order chi connectivity index (χ0) is 13.1. The van der Waals surface area contributed by atoms with Gasteiger partial charge in [-0.25, -0.2) is 0 Å². The SMILES string of the molecule is OC1CCCc2cc(OCC3CCOCC3)ccc21. The van der Waals surface area contributed by atoms with E-state index in [9.17, 15) is 5.11 Å². The molecule has 19 heavy (non-hydrogen) atoms. The van der Waals surface area contributed by atoms with Crippen LogP contribution in [-0.4, -0.2) is 24.9 Å². The minimum atomic E-state index is -0.284. The molecular weight excluding hydrogens is 240 g/mol. The van der Waals surface area contributed by atoms with Gasteiger partial charge in [-0.15, -0.1) is 0 Å². The summed E-state index contributed by atoms with van der Waals surface area (Å²) >= 11 is 0. The van der Waals surface area contributed by atoms with E-state index < -0.39 is 0 Å². The van der Waals surface area contributed by atoms with Gasteiger partial charge in [-0.05, 0) is 61.3 Å². The molecule has 1 fully saturated rings. The molecule has 1 N–H and O–H groups in total. The molecule has 3 nitrogen and oxygen atoms in total. The Morgan fingerprint density at radius 3 is 2.89 bits per heavy atom. The second-order valence-electron chi connectivity index (χ2n) is 5.64. The fourth-order valence-electron chi connectivity index (χ4n) is 2.98. The second-order valence-corrected chi connectivity index (χ2v) is 5.64. The summed E-state index contributed by atoms with van der Waals surface area (Å²) in [5.41, 5.74) is 2.34. The fraction of sp³-hybridized carbons (Fsp3) is 0.625. The van der Waals surface area contributed by atoms with Gasteiger partial charge in [0.05, 0.1) is 12.7 Å². The maximum absolute atomic E-state index is 9.93. The lowest BCUT2D eigenvalue weighted by Crippen LogP contribution is -2.21. The summed E-state index contributed by atoms with van der Waals surface area (Å²) in [6.07, 6.45) is 4.93. The van der Waals surface area contributed by atoms with Gasteiger partial charge in [0.15, 0.2) is 0 Å². The molecule has 3 rings (SSSR count). The molecule has 1 heterocycles. The highest BCUT2D eigenvalue weighted by atomic mass is 16.5.